The summed E-state index contributed by atoms with van der Waals surface area (Å²) < 4.78 is 18.8. The molecule has 2 aliphatic rings. The number of rotatable bonds is 4. The fourth-order valence-electron chi connectivity index (χ4n) is 4.45. The fourth-order valence-corrected chi connectivity index (χ4v) is 4.45. The molecule has 0 bridgehead atoms. The normalized spacial score (nSPS) is 24.3. The molecule has 0 saturated carbocycles. The number of aromatic nitrogens is 1. The van der Waals surface area contributed by atoms with Crippen LogP contribution in [-0.2, 0) is 16.0 Å². The standard InChI is InChI=1S/C20H22FN3O3/c1-13(25)24-11-15-10-23(19(26)6-5-17-7-8-22-27-17)12-18(15)20(24)14-3-2-4-16(21)9-14/h2-4,7-9,15,18,20H,5-6,10-12H2,1H3/t15-,18-,20+/m1/s1. The van der Waals surface area contributed by atoms with Gasteiger partial charge in [0.2, 0.25) is 11.8 Å². The molecule has 7 heteroatoms. The van der Waals surface area contributed by atoms with E-state index in [1.807, 2.05) is 15.9 Å². The average Bonchev–Trinajstić information content (AvgIpc) is 3.34. The van der Waals surface area contributed by atoms with Gasteiger partial charge in [-0.05, 0) is 17.7 Å². The van der Waals surface area contributed by atoms with Crippen molar-refractivity contribution in [2.24, 2.45) is 11.8 Å². The predicted octanol–water partition coefficient (Wildman–Crippen LogP) is 2.42. The van der Waals surface area contributed by atoms with Gasteiger partial charge < -0.3 is 14.3 Å². The van der Waals surface area contributed by atoms with E-state index in [0.717, 1.165) is 5.56 Å². The van der Waals surface area contributed by atoms with Gasteiger partial charge in [-0.15, -0.1) is 0 Å². The van der Waals surface area contributed by atoms with Gasteiger partial charge in [-0.2, -0.15) is 0 Å². The van der Waals surface area contributed by atoms with Crippen molar-refractivity contribution in [1.82, 2.24) is 15.0 Å². The number of nitrogens with zero attached hydrogens (tertiary/aromatic N) is 3. The Hall–Kier alpha value is -2.70. The Morgan fingerprint density at radius 1 is 1.26 bits per heavy atom. The van der Waals surface area contributed by atoms with Crippen LogP contribution >= 0.6 is 0 Å². The number of likely N-dealkylation sites (tertiary alicyclic amines) is 2. The van der Waals surface area contributed by atoms with Crippen molar-refractivity contribution in [3.63, 3.8) is 0 Å². The van der Waals surface area contributed by atoms with Crippen LogP contribution in [0.5, 0.6) is 0 Å². The summed E-state index contributed by atoms with van der Waals surface area (Å²) in [6, 6.07) is 8.01. The number of carbonyl (C=O) groups excluding carboxylic acids is 2. The number of aryl methyl sites for hydroxylation is 1. The Morgan fingerprint density at radius 2 is 2.11 bits per heavy atom. The first kappa shape index (κ1) is 17.7. The minimum atomic E-state index is -0.308. The Bertz CT molecular complexity index is 839. The zero-order chi connectivity index (χ0) is 19.0. The topological polar surface area (TPSA) is 66.7 Å². The Kier molecular flexibility index (Phi) is 4.68. The molecular weight excluding hydrogens is 349 g/mol. The summed E-state index contributed by atoms with van der Waals surface area (Å²) >= 11 is 0. The van der Waals surface area contributed by atoms with Crippen molar-refractivity contribution in [3.05, 3.63) is 53.7 Å². The molecule has 0 aliphatic carbocycles. The maximum absolute atomic E-state index is 13.8. The number of halogens is 1. The molecule has 142 valence electrons. The monoisotopic (exact) mass is 371 g/mol. The zero-order valence-corrected chi connectivity index (χ0v) is 15.2. The molecule has 2 saturated heterocycles. The summed E-state index contributed by atoms with van der Waals surface area (Å²) in [7, 11) is 0. The van der Waals surface area contributed by atoms with Gasteiger partial charge in [-0.25, -0.2) is 4.39 Å². The number of hydrogen-bond acceptors (Lipinski definition) is 4. The Labute approximate surface area is 156 Å². The second kappa shape index (κ2) is 7.13. The van der Waals surface area contributed by atoms with Gasteiger partial charge in [0.05, 0.1) is 12.2 Å². The summed E-state index contributed by atoms with van der Waals surface area (Å²) in [4.78, 5) is 28.4. The van der Waals surface area contributed by atoms with E-state index in [9.17, 15) is 14.0 Å². The van der Waals surface area contributed by atoms with Crippen molar-refractivity contribution in [3.8, 4) is 0 Å². The molecule has 2 aliphatic heterocycles. The number of fused-ring (bicyclic) bond motifs is 1. The van der Waals surface area contributed by atoms with E-state index in [0.29, 0.717) is 38.2 Å². The van der Waals surface area contributed by atoms with Crippen molar-refractivity contribution in [2.75, 3.05) is 19.6 Å². The summed E-state index contributed by atoms with van der Waals surface area (Å²) in [6.07, 6.45) is 2.47. The molecule has 0 N–H and O–H groups in total. The predicted molar refractivity (Wildman–Crippen MR) is 94.9 cm³/mol. The largest absolute Gasteiger partial charge is 0.361 e. The second-order valence-corrected chi connectivity index (χ2v) is 7.37. The van der Waals surface area contributed by atoms with E-state index in [4.69, 9.17) is 4.52 Å². The number of benzene rings is 1. The molecule has 0 spiro atoms. The van der Waals surface area contributed by atoms with E-state index in [1.54, 1.807) is 25.3 Å². The van der Waals surface area contributed by atoms with E-state index < -0.39 is 0 Å². The summed E-state index contributed by atoms with van der Waals surface area (Å²) in [5, 5.41) is 3.65. The molecule has 0 radical (unpaired) electrons. The minimum Gasteiger partial charge on any atom is -0.361 e. The highest BCUT2D eigenvalue weighted by Crippen LogP contribution is 2.45. The van der Waals surface area contributed by atoms with Gasteiger partial charge in [-0.3, -0.25) is 9.59 Å². The lowest BCUT2D eigenvalue weighted by molar-refractivity contribution is -0.131. The van der Waals surface area contributed by atoms with Crippen LogP contribution in [0.25, 0.3) is 0 Å². The van der Waals surface area contributed by atoms with Gasteiger partial charge in [-0.1, -0.05) is 17.3 Å². The third kappa shape index (κ3) is 3.46. The fraction of sp³-hybridized carbons (Fsp3) is 0.450. The molecule has 2 aromatic rings. The maximum Gasteiger partial charge on any atom is 0.223 e. The van der Waals surface area contributed by atoms with Crippen molar-refractivity contribution in [1.29, 1.82) is 0 Å². The first-order chi connectivity index (χ1) is 13.0. The number of carbonyl (C=O) groups is 2. The van der Waals surface area contributed by atoms with E-state index >= 15 is 0 Å². The third-order valence-corrected chi connectivity index (χ3v) is 5.69. The highest BCUT2D eigenvalue weighted by atomic mass is 19.1. The van der Waals surface area contributed by atoms with Gasteiger partial charge in [0.15, 0.2) is 0 Å². The molecule has 27 heavy (non-hydrogen) atoms. The molecule has 6 nitrogen and oxygen atoms in total. The Morgan fingerprint density at radius 3 is 2.81 bits per heavy atom. The molecule has 2 fully saturated rings. The van der Waals surface area contributed by atoms with Gasteiger partial charge >= 0.3 is 0 Å². The number of amides is 2. The van der Waals surface area contributed by atoms with Crippen LogP contribution in [-0.4, -0.2) is 46.4 Å². The van der Waals surface area contributed by atoms with E-state index in [2.05, 4.69) is 5.16 Å². The number of hydrogen-bond donors (Lipinski definition) is 0. The first-order valence-electron chi connectivity index (χ1n) is 9.23. The maximum atomic E-state index is 13.8. The van der Waals surface area contributed by atoms with E-state index in [-0.39, 0.29) is 35.5 Å². The highest BCUT2D eigenvalue weighted by molar-refractivity contribution is 5.77. The van der Waals surface area contributed by atoms with Crippen LogP contribution in [0.1, 0.15) is 30.7 Å². The molecule has 2 amide bonds. The molecule has 3 heterocycles. The summed E-state index contributed by atoms with van der Waals surface area (Å²) in [5.74, 6) is 0.803. The third-order valence-electron chi connectivity index (χ3n) is 5.69. The lowest BCUT2D eigenvalue weighted by Crippen LogP contribution is -2.36. The minimum absolute atomic E-state index is 0.0122. The quantitative estimate of drug-likeness (QED) is 0.828. The van der Waals surface area contributed by atoms with Crippen LogP contribution < -0.4 is 0 Å². The van der Waals surface area contributed by atoms with Crippen LogP contribution in [0.15, 0.2) is 41.1 Å². The van der Waals surface area contributed by atoms with Crippen LogP contribution in [0, 0.1) is 17.7 Å². The molecule has 4 rings (SSSR count). The molecule has 1 aromatic carbocycles. The summed E-state index contributed by atoms with van der Waals surface area (Å²) in [6.45, 7) is 3.38. The van der Waals surface area contributed by atoms with Crippen LogP contribution in [0.4, 0.5) is 4.39 Å². The summed E-state index contributed by atoms with van der Waals surface area (Å²) in [5.41, 5.74) is 0.800. The first-order valence-corrected chi connectivity index (χ1v) is 9.23. The van der Waals surface area contributed by atoms with Gasteiger partial charge in [0, 0.05) is 57.3 Å². The van der Waals surface area contributed by atoms with E-state index in [1.165, 1.54) is 12.1 Å². The van der Waals surface area contributed by atoms with Crippen LogP contribution in [0.2, 0.25) is 0 Å². The van der Waals surface area contributed by atoms with Crippen molar-refractivity contribution >= 4 is 11.8 Å². The van der Waals surface area contributed by atoms with Gasteiger partial charge in [0.1, 0.15) is 11.6 Å². The molecule has 3 atom stereocenters. The van der Waals surface area contributed by atoms with Crippen molar-refractivity contribution < 1.29 is 18.5 Å². The van der Waals surface area contributed by atoms with Crippen molar-refractivity contribution in [2.45, 2.75) is 25.8 Å². The molecular formula is C20H22FN3O3. The second-order valence-electron chi connectivity index (χ2n) is 7.37. The molecule has 0 unspecified atom stereocenters. The molecule has 1 aromatic heterocycles. The SMILES string of the molecule is CC(=O)N1C[C@H]2CN(C(=O)CCc3ccno3)C[C@H]2[C@@H]1c1cccc(F)c1. The Balaban J connectivity index is 1.48. The highest BCUT2D eigenvalue weighted by Gasteiger charge is 2.49. The smallest absolute Gasteiger partial charge is 0.223 e. The lowest BCUT2D eigenvalue weighted by Gasteiger charge is -2.29. The lowest BCUT2D eigenvalue weighted by atomic mass is 9.89. The zero-order valence-electron chi connectivity index (χ0n) is 15.2. The van der Waals surface area contributed by atoms with Crippen LogP contribution in [0.3, 0.4) is 0 Å². The average molecular weight is 371 g/mol. The van der Waals surface area contributed by atoms with Gasteiger partial charge in [0.25, 0.3) is 0 Å².